The highest BCUT2D eigenvalue weighted by atomic mass is 35.5. The first kappa shape index (κ1) is 19.5. The van der Waals surface area contributed by atoms with Crippen molar-refractivity contribution in [1.29, 1.82) is 0 Å². The van der Waals surface area contributed by atoms with Gasteiger partial charge in [0.05, 0.1) is 5.69 Å². The Labute approximate surface area is 177 Å². The fourth-order valence-electron chi connectivity index (χ4n) is 2.83. The molecule has 0 bridgehead atoms. The van der Waals surface area contributed by atoms with Crippen molar-refractivity contribution in [1.82, 2.24) is 10.2 Å². The summed E-state index contributed by atoms with van der Waals surface area (Å²) in [5, 5.41) is 14.8. The van der Waals surface area contributed by atoms with Crippen LogP contribution >= 0.6 is 11.6 Å². The van der Waals surface area contributed by atoms with Crippen LogP contribution in [0.3, 0.4) is 0 Å². The maximum absolute atomic E-state index is 13.1. The quantitative estimate of drug-likeness (QED) is 0.421. The number of hydrogen-bond donors (Lipinski definition) is 2. The molecule has 0 radical (unpaired) electrons. The molecular formula is C23H16ClFN4O. The van der Waals surface area contributed by atoms with Crippen molar-refractivity contribution in [2.75, 3.05) is 10.6 Å². The number of nitrogens with one attached hydrogen (secondary N) is 2. The first-order chi connectivity index (χ1) is 14.6. The molecule has 1 heterocycles. The second-order valence-corrected chi connectivity index (χ2v) is 6.92. The molecule has 4 rings (SSSR count). The standard InChI is InChI=1S/C23H16ClFN4O/c24-17-4-2-6-20(14-17)27-23(30)16-3-1-5-19(13-16)26-22-12-11-21(28-29-22)15-7-9-18(25)10-8-15/h1-14H,(H,26,29)(H,27,30). The van der Waals surface area contributed by atoms with E-state index in [0.29, 0.717) is 33.5 Å². The Morgan fingerprint density at radius 3 is 2.33 bits per heavy atom. The molecule has 5 nitrogen and oxygen atoms in total. The van der Waals surface area contributed by atoms with E-state index in [0.717, 1.165) is 5.56 Å². The SMILES string of the molecule is O=C(Nc1cccc(Cl)c1)c1cccc(Nc2ccc(-c3ccc(F)cc3)nn2)c1. The number of carbonyl (C=O) groups excluding carboxylic acids is 1. The molecule has 1 amide bonds. The summed E-state index contributed by atoms with van der Waals surface area (Å²) in [4.78, 5) is 12.5. The third-order valence-corrected chi connectivity index (χ3v) is 4.52. The topological polar surface area (TPSA) is 66.9 Å². The van der Waals surface area contributed by atoms with Crippen LogP contribution < -0.4 is 10.6 Å². The number of carbonyl (C=O) groups is 1. The van der Waals surface area contributed by atoms with Crippen molar-refractivity contribution in [3.05, 3.63) is 101 Å². The second kappa shape index (κ2) is 8.71. The molecule has 0 aliphatic carbocycles. The van der Waals surface area contributed by atoms with Crippen LogP contribution in [0.2, 0.25) is 5.02 Å². The van der Waals surface area contributed by atoms with E-state index in [1.165, 1.54) is 12.1 Å². The van der Waals surface area contributed by atoms with Gasteiger partial charge in [0, 0.05) is 27.5 Å². The monoisotopic (exact) mass is 418 g/mol. The summed E-state index contributed by atoms with van der Waals surface area (Å²) in [7, 11) is 0. The van der Waals surface area contributed by atoms with Gasteiger partial charge in [0.15, 0.2) is 5.82 Å². The fraction of sp³-hybridized carbons (Fsp3) is 0. The minimum atomic E-state index is -0.302. The molecule has 0 atom stereocenters. The van der Waals surface area contributed by atoms with Crippen molar-refractivity contribution in [2.45, 2.75) is 0 Å². The third kappa shape index (κ3) is 4.79. The normalized spacial score (nSPS) is 10.5. The van der Waals surface area contributed by atoms with Gasteiger partial charge in [0.25, 0.3) is 5.91 Å². The van der Waals surface area contributed by atoms with E-state index in [4.69, 9.17) is 11.6 Å². The maximum atomic E-state index is 13.1. The molecule has 2 N–H and O–H groups in total. The Hall–Kier alpha value is -3.77. The molecule has 0 saturated heterocycles. The van der Waals surface area contributed by atoms with E-state index in [1.54, 1.807) is 66.7 Å². The molecule has 1 aromatic heterocycles. The number of amides is 1. The average Bonchev–Trinajstić information content (AvgIpc) is 2.75. The Bertz CT molecular complexity index is 1180. The van der Waals surface area contributed by atoms with Crippen LogP contribution in [-0.2, 0) is 0 Å². The fourth-order valence-corrected chi connectivity index (χ4v) is 3.02. The lowest BCUT2D eigenvalue weighted by atomic mass is 10.1. The molecule has 4 aromatic rings. The molecule has 0 aliphatic heterocycles. The predicted molar refractivity (Wildman–Crippen MR) is 117 cm³/mol. The van der Waals surface area contributed by atoms with E-state index >= 15 is 0 Å². The van der Waals surface area contributed by atoms with Crippen LogP contribution in [0.5, 0.6) is 0 Å². The Balaban J connectivity index is 1.46. The number of hydrogen-bond acceptors (Lipinski definition) is 4. The number of benzene rings is 3. The summed E-state index contributed by atoms with van der Waals surface area (Å²) in [5.74, 6) is -0.0313. The van der Waals surface area contributed by atoms with Crippen molar-refractivity contribution < 1.29 is 9.18 Å². The van der Waals surface area contributed by atoms with Gasteiger partial charge in [-0.05, 0) is 72.8 Å². The van der Waals surface area contributed by atoms with Gasteiger partial charge in [-0.2, -0.15) is 0 Å². The van der Waals surface area contributed by atoms with Crippen LogP contribution in [0.25, 0.3) is 11.3 Å². The zero-order chi connectivity index (χ0) is 20.9. The zero-order valence-electron chi connectivity index (χ0n) is 15.6. The molecule has 0 fully saturated rings. The van der Waals surface area contributed by atoms with Gasteiger partial charge in [-0.3, -0.25) is 4.79 Å². The van der Waals surface area contributed by atoms with Gasteiger partial charge >= 0.3 is 0 Å². The number of aromatic nitrogens is 2. The number of nitrogens with zero attached hydrogens (tertiary/aromatic N) is 2. The number of rotatable bonds is 5. The van der Waals surface area contributed by atoms with Gasteiger partial charge in [-0.25, -0.2) is 4.39 Å². The largest absolute Gasteiger partial charge is 0.339 e. The zero-order valence-corrected chi connectivity index (χ0v) is 16.4. The van der Waals surface area contributed by atoms with Crippen LogP contribution in [0.4, 0.5) is 21.6 Å². The minimum absolute atomic E-state index is 0.251. The van der Waals surface area contributed by atoms with Crippen LogP contribution in [0, 0.1) is 5.82 Å². The van der Waals surface area contributed by atoms with Gasteiger partial charge in [0.2, 0.25) is 0 Å². The van der Waals surface area contributed by atoms with E-state index in [9.17, 15) is 9.18 Å². The van der Waals surface area contributed by atoms with E-state index in [1.807, 2.05) is 6.07 Å². The minimum Gasteiger partial charge on any atom is -0.339 e. The van der Waals surface area contributed by atoms with E-state index < -0.39 is 0 Å². The van der Waals surface area contributed by atoms with Gasteiger partial charge < -0.3 is 10.6 Å². The molecule has 0 aliphatic rings. The highest BCUT2D eigenvalue weighted by molar-refractivity contribution is 6.31. The summed E-state index contributed by atoms with van der Waals surface area (Å²) < 4.78 is 13.1. The van der Waals surface area contributed by atoms with Crippen molar-refractivity contribution in [2.24, 2.45) is 0 Å². The van der Waals surface area contributed by atoms with Crippen LogP contribution in [0.1, 0.15) is 10.4 Å². The maximum Gasteiger partial charge on any atom is 0.255 e. The molecule has 3 aromatic carbocycles. The van der Waals surface area contributed by atoms with E-state index in [-0.39, 0.29) is 11.7 Å². The predicted octanol–water partition coefficient (Wildman–Crippen LogP) is 5.93. The number of anilines is 3. The van der Waals surface area contributed by atoms with Crippen molar-refractivity contribution in [3.8, 4) is 11.3 Å². The average molecular weight is 419 g/mol. The Morgan fingerprint density at radius 1 is 0.833 bits per heavy atom. The molecule has 0 saturated carbocycles. The molecule has 0 unspecified atom stereocenters. The van der Waals surface area contributed by atoms with Crippen molar-refractivity contribution in [3.63, 3.8) is 0 Å². The van der Waals surface area contributed by atoms with Gasteiger partial charge in [-0.1, -0.05) is 23.7 Å². The summed E-state index contributed by atoms with van der Waals surface area (Å²) in [5.41, 5.74) is 3.20. The first-order valence-electron chi connectivity index (χ1n) is 9.10. The van der Waals surface area contributed by atoms with Crippen LogP contribution in [-0.4, -0.2) is 16.1 Å². The highest BCUT2D eigenvalue weighted by Crippen LogP contribution is 2.21. The molecule has 30 heavy (non-hydrogen) atoms. The third-order valence-electron chi connectivity index (χ3n) is 4.28. The second-order valence-electron chi connectivity index (χ2n) is 6.48. The lowest BCUT2D eigenvalue weighted by molar-refractivity contribution is 0.102. The summed E-state index contributed by atoms with van der Waals surface area (Å²) >= 11 is 5.96. The Kier molecular flexibility index (Phi) is 5.68. The van der Waals surface area contributed by atoms with Gasteiger partial charge in [-0.15, -0.1) is 10.2 Å². The molecular weight excluding hydrogens is 403 g/mol. The summed E-state index contributed by atoms with van der Waals surface area (Å²) in [6.07, 6.45) is 0. The Morgan fingerprint density at radius 2 is 1.60 bits per heavy atom. The summed E-state index contributed by atoms with van der Waals surface area (Å²) in [6, 6.07) is 23.6. The number of halogens is 2. The van der Waals surface area contributed by atoms with Gasteiger partial charge in [0.1, 0.15) is 5.82 Å². The van der Waals surface area contributed by atoms with Crippen LogP contribution in [0.15, 0.2) is 84.9 Å². The molecule has 0 spiro atoms. The first-order valence-corrected chi connectivity index (χ1v) is 9.48. The van der Waals surface area contributed by atoms with Crippen molar-refractivity contribution >= 4 is 34.7 Å². The molecule has 7 heteroatoms. The lowest BCUT2D eigenvalue weighted by Crippen LogP contribution is -2.12. The summed E-state index contributed by atoms with van der Waals surface area (Å²) in [6.45, 7) is 0. The smallest absolute Gasteiger partial charge is 0.255 e. The molecule has 148 valence electrons. The van der Waals surface area contributed by atoms with E-state index in [2.05, 4.69) is 20.8 Å². The highest BCUT2D eigenvalue weighted by Gasteiger charge is 2.08. The lowest BCUT2D eigenvalue weighted by Gasteiger charge is -2.09.